The maximum atomic E-state index is 7.72. The SMILES string of the molecule is COc1cccc(C=NNC(N)=S)c1[OH2+].[Cu+2].c1cnc2c(c1)ccc1cccnc12. The van der Waals surface area contributed by atoms with E-state index in [9.17, 15) is 0 Å². The number of methoxy groups -OCH3 is 1. The molecule has 0 amide bonds. The van der Waals surface area contributed by atoms with Gasteiger partial charge in [-0.05, 0) is 36.5 Å². The Kier molecular flexibility index (Phi) is 8.49. The molecule has 5 N–H and O–H groups in total. The summed E-state index contributed by atoms with van der Waals surface area (Å²) >= 11 is 4.57. The van der Waals surface area contributed by atoms with Crippen LogP contribution >= 0.6 is 12.2 Å². The molecule has 0 saturated carbocycles. The fraction of sp³-hybridized carbons (Fsp3) is 0.0476. The van der Waals surface area contributed by atoms with Gasteiger partial charge in [-0.2, -0.15) is 5.10 Å². The van der Waals surface area contributed by atoms with Crippen molar-refractivity contribution in [1.29, 1.82) is 0 Å². The van der Waals surface area contributed by atoms with Crippen molar-refractivity contribution in [2.24, 2.45) is 10.8 Å². The third-order valence-corrected chi connectivity index (χ3v) is 4.09. The summed E-state index contributed by atoms with van der Waals surface area (Å²) in [5, 5.41) is 13.8. The van der Waals surface area contributed by atoms with Gasteiger partial charge < -0.3 is 15.6 Å². The maximum Gasteiger partial charge on any atom is 2.00 e. The van der Waals surface area contributed by atoms with Crippen LogP contribution in [0.4, 0.5) is 0 Å². The van der Waals surface area contributed by atoms with Crippen LogP contribution in [0.3, 0.4) is 0 Å². The van der Waals surface area contributed by atoms with Crippen LogP contribution in [0.25, 0.3) is 21.8 Å². The number of hydrogen-bond donors (Lipinski definition) is 2. The van der Waals surface area contributed by atoms with Crippen molar-refractivity contribution in [3.63, 3.8) is 0 Å². The van der Waals surface area contributed by atoms with Crippen LogP contribution in [0.2, 0.25) is 0 Å². The zero-order valence-electron chi connectivity index (χ0n) is 16.0. The van der Waals surface area contributed by atoms with Crippen molar-refractivity contribution in [2.75, 3.05) is 7.11 Å². The Bertz CT molecular complexity index is 1130. The zero-order valence-corrected chi connectivity index (χ0v) is 17.7. The fourth-order valence-corrected chi connectivity index (χ4v) is 2.72. The molecule has 2 heterocycles. The molecule has 155 valence electrons. The number of thiocarbonyl (C=S) groups is 1. The number of nitrogens with zero attached hydrogens (tertiary/aromatic N) is 3. The number of pyridine rings is 2. The minimum atomic E-state index is 0. The van der Waals surface area contributed by atoms with Crippen LogP contribution in [0.5, 0.6) is 11.5 Å². The van der Waals surface area contributed by atoms with E-state index < -0.39 is 0 Å². The van der Waals surface area contributed by atoms with Gasteiger partial charge in [0, 0.05) is 23.2 Å². The molecule has 2 aromatic carbocycles. The van der Waals surface area contributed by atoms with Crippen molar-refractivity contribution in [3.8, 4) is 11.5 Å². The van der Waals surface area contributed by atoms with E-state index in [0.717, 1.165) is 21.8 Å². The smallest absolute Gasteiger partial charge is 0.590 e. The summed E-state index contributed by atoms with van der Waals surface area (Å²) in [5.74, 6) is 0.766. The van der Waals surface area contributed by atoms with Gasteiger partial charge in [-0.3, -0.25) is 15.4 Å². The van der Waals surface area contributed by atoms with Gasteiger partial charge in [0.2, 0.25) is 5.75 Å². The van der Waals surface area contributed by atoms with E-state index >= 15 is 0 Å². The number of hydrazone groups is 1. The Morgan fingerprint density at radius 1 is 1.03 bits per heavy atom. The van der Waals surface area contributed by atoms with E-state index in [1.165, 1.54) is 13.3 Å². The number of hydrogen-bond acceptors (Lipinski definition) is 5. The Morgan fingerprint density at radius 2 is 1.63 bits per heavy atom. The number of ether oxygens (including phenoxy) is 1. The van der Waals surface area contributed by atoms with Gasteiger partial charge in [0.15, 0.2) is 5.11 Å². The Hall–Kier alpha value is -3.26. The Labute approximate surface area is 189 Å². The second kappa shape index (κ2) is 11.1. The molecule has 0 aliphatic carbocycles. The van der Waals surface area contributed by atoms with Gasteiger partial charge in [-0.25, -0.2) is 0 Å². The molecule has 4 aromatic rings. The Balaban J connectivity index is 0.000000207. The third kappa shape index (κ3) is 5.64. The largest absolute Gasteiger partial charge is 2.00 e. The molecule has 0 unspecified atom stereocenters. The predicted octanol–water partition coefficient (Wildman–Crippen LogP) is 3.08. The number of nitrogens with one attached hydrogen (secondary N) is 1. The summed E-state index contributed by atoms with van der Waals surface area (Å²) in [6, 6.07) is 17.4. The van der Waals surface area contributed by atoms with E-state index in [-0.39, 0.29) is 27.9 Å². The quantitative estimate of drug-likeness (QED) is 0.119. The first-order chi connectivity index (χ1) is 14.1. The molecule has 7 nitrogen and oxygen atoms in total. The molecule has 0 atom stereocenters. The number of rotatable bonds is 3. The molecule has 0 bridgehead atoms. The molecule has 0 saturated heterocycles. The molecular weight excluding hydrogens is 450 g/mol. The summed E-state index contributed by atoms with van der Waals surface area (Å²) in [5.41, 5.74) is 10.2. The summed E-state index contributed by atoms with van der Waals surface area (Å²) in [4.78, 5) is 8.69. The monoisotopic (exact) mass is 469 g/mol. The van der Waals surface area contributed by atoms with Gasteiger partial charge in [0.25, 0.3) is 0 Å². The second-order valence-electron chi connectivity index (χ2n) is 5.87. The first-order valence-electron chi connectivity index (χ1n) is 8.65. The van der Waals surface area contributed by atoms with E-state index in [0.29, 0.717) is 11.3 Å². The summed E-state index contributed by atoms with van der Waals surface area (Å²) in [6.07, 6.45) is 5.07. The first-order valence-corrected chi connectivity index (χ1v) is 9.06. The standard InChI is InChI=1S/C12H8N2.C9H11N3O2S.Cu/c1-3-9-5-6-10-4-2-8-14-12(10)11(9)13-7-1;1-14-7-4-2-3-6(8(7)13)5-11-12-9(10)15;/h1-8H;2-5,13H,1H3,(H3,10,12,15);/q;;+2/p+1. The number of para-hydroxylation sites is 1. The molecule has 4 rings (SSSR count). The van der Waals surface area contributed by atoms with Crippen LogP contribution < -0.4 is 15.9 Å². The predicted molar refractivity (Wildman–Crippen MR) is 121 cm³/mol. The summed E-state index contributed by atoms with van der Waals surface area (Å²) in [7, 11) is 1.52. The van der Waals surface area contributed by atoms with Crippen LogP contribution in [-0.4, -0.2) is 33.5 Å². The van der Waals surface area contributed by atoms with Gasteiger partial charge in [0.05, 0.1) is 29.9 Å². The van der Waals surface area contributed by atoms with Crippen molar-refractivity contribution < 1.29 is 26.9 Å². The number of aromatic nitrogens is 2. The molecule has 0 fully saturated rings. The normalized spacial score (nSPS) is 10.2. The molecule has 1 radical (unpaired) electrons. The van der Waals surface area contributed by atoms with E-state index in [1.807, 2.05) is 12.1 Å². The molecule has 0 aliphatic rings. The van der Waals surface area contributed by atoms with Crippen molar-refractivity contribution in [3.05, 3.63) is 72.6 Å². The van der Waals surface area contributed by atoms with Crippen LogP contribution in [0.15, 0.2) is 72.1 Å². The van der Waals surface area contributed by atoms with Gasteiger partial charge in [0.1, 0.15) is 0 Å². The van der Waals surface area contributed by atoms with Crippen molar-refractivity contribution in [1.82, 2.24) is 15.4 Å². The maximum absolute atomic E-state index is 7.72. The second-order valence-corrected chi connectivity index (χ2v) is 6.31. The number of benzene rings is 2. The number of fused-ring (bicyclic) bond motifs is 3. The first kappa shape index (κ1) is 23.0. The summed E-state index contributed by atoms with van der Waals surface area (Å²) < 4.78 is 4.99. The average Bonchev–Trinajstić information content (AvgIpc) is 2.75. The third-order valence-electron chi connectivity index (χ3n) is 4.00. The van der Waals surface area contributed by atoms with Gasteiger partial charge in [-0.15, -0.1) is 0 Å². The molecule has 9 heteroatoms. The van der Waals surface area contributed by atoms with E-state index in [2.05, 4.69) is 57.0 Å². The molecule has 2 aromatic heterocycles. The fourth-order valence-electron chi connectivity index (χ4n) is 2.67. The molecular formula is C21H20CuN5O2S+3. The van der Waals surface area contributed by atoms with E-state index in [1.54, 1.807) is 30.6 Å². The van der Waals surface area contributed by atoms with Crippen molar-refractivity contribution >= 4 is 45.4 Å². The average molecular weight is 470 g/mol. The van der Waals surface area contributed by atoms with E-state index in [4.69, 9.17) is 15.6 Å². The van der Waals surface area contributed by atoms with Gasteiger partial charge >= 0.3 is 22.8 Å². The zero-order chi connectivity index (χ0) is 20.6. The van der Waals surface area contributed by atoms with Crippen molar-refractivity contribution in [2.45, 2.75) is 0 Å². The van der Waals surface area contributed by atoms with Crippen LogP contribution in [0.1, 0.15) is 5.56 Å². The Morgan fingerprint density at radius 3 is 2.17 bits per heavy atom. The summed E-state index contributed by atoms with van der Waals surface area (Å²) in [6.45, 7) is 0. The topological polar surface area (TPSA) is 108 Å². The number of nitrogens with two attached hydrogens (primary N) is 1. The van der Waals surface area contributed by atoms with Gasteiger partial charge in [-0.1, -0.05) is 30.3 Å². The van der Waals surface area contributed by atoms with Crippen LogP contribution in [0, 0.1) is 0 Å². The minimum absolute atomic E-state index is 0. The minimum Gasteiger partial charge on any atom is -0.590 e. The molecule has 0 spiro atoms. The molecule has 0 aliphatic heterocycles. The van der Waals surface area contributed by atoms with Crippen LogP contribution in [-0.2, 0) is 17.1 Å². The molecule has 30 heavy (non-hydrogen) atoms.